The van der Waals surface area contributed by atoms with Gasteiger partial charge in [0.25, 0.3) is 10.0 Å². The van der Waals surface area contributed by atoms with Crippen molar-refractivity contribution in [3.63, 3.8) is 0 Å². The third-order valence-electron chi connectivity index (χ3n) is 3.77. The minimum absolute atomic E-state index is 0.0372. The van der Waals surface area contributed by atoms with Crippen LogP contribution < -0.4 is 0 Å². The van der Waals surface area contributed by atoms with E-state index in [9.17, 15) is 13.2 Å². The Balaban J connectivity index is 2.30. The first-order valence-corrected chi connectivity index (χ1v) is 8.55. The largest absolute Gasteiger partial charge is 0.468 e. The van der Waals surface area contributed by atoms with Gasteiger partial charge in [-0.15, -0.1) is 0 Å². The normalized spacial score (nSPS) is 16.5. The molecule has 118 valence electrons. The first-order chi connectivity index (χ1) is 9.98. The quantitative estimate of drug-likeness (QED) is 0.793. The Hall–Kier alpha value is -1.41. The summed E-state index contributed by atoms with van der Waals surface area (Å²) in [5, 5.41) is 0.0372. The lowest BCUT2D eigenvalue weighted by molar-refractivity contribution is -0.141. The van der Waals surface area contributed by atoms with E-state index in [1.54, 1.807) is 0 Å². The molecule has 1 N–H and O–H groups in total. The van der Waals surface area contributed by atoms with Crippen LogP contribution in [-0.4, -0.2) is 48.4 Å². The van der Waals surface area contributed by atoms with Gasteiger partial charge in [0.15, 0.2) is 5.03 Å². The van der Waals surface area contributed by atoms with Crippen molar-refractivity contribution in [3.8, 4) is 0 Å². The molecule has 0 spiro atoms. The summed E-state index contributed by atoms with van der Waals surface area (Å²) in [5.41, 5.74) is 0. The second-order valence-electron chi connectivity index (χ2n) is 5.11. The molecule has 1 aliphatic rings. The molecule has 8 heteroatoms. The van der Waals surface area contributed by atoms with E-state index in [0.29, 0.717) is 12.2 Å². The summed E-state index contributed by atoms with van der Waals surface area (Å²) in [6, 6.07) is -0.150. The number of sulfonamides is 1. The van der Waals surface area contributed by atoms with Gasteiger partial charge in [-0.2, -0.15) is 4.31 Å². The van der Waals surface area contributed by atoms with E-state index < -0.39 is 16.0 Å². The summed E-state index contributed by atoms with van der Waals surface area (Å²) in [4.78, 5) is 18.4. The van der Waals surface area contributed by atoms with Gasteiger partial charge in [-0.05, 0) is 12.8 Å². The van der Waals surface area contributed by atoms with Crippen LogP contribution in [0.25, 0.3) is 0 Å². The van der Waals surface area contributed by atoms with Crippen molar-refractivity contribution >= 4 is 16.0 Å². The molecule has 0 saturated heterocycles. The molecule has 1 aliphatic carbocycles. The van der Waals surface area contributed by atoms with Gasteiger partial charge in [-0.1, -0.05) is 19.8 Å². The lowest BCUT2D eigenvalue weighted by atomic mass is 10.2. The van der Waals surface area contributed by atoms with E-state index in [1.165, 1.54) is 17.6 Å². The number of carbonyl (C=O) groups excluding carboxylic acids is 1. The summed E-state index contributed by atoms with van der Waals surface area (Å²) in [7, 11) is -2.51. The number of aromatic amines is 1. The molecule has 0 radical (unpaired) electrons. The molecule has 2 rings (SSSR count). The lowest BCUT2D eigenvalue weighted by Crippen LogP contribution is -2.42. The predicted octanol–water partition coefficient (Wildman–Crippen LogP) is 1.08. The number of H-pyrrole nitrogens is 1. The molecule has 1 heterocycles. The molecule has 21 heavy (non-hydrogen) atoms. The van der Waals surface area contributed by atoms with E-state index in [2.05, 4.69) is 14.7 Å². The molecule has 1 saturated carbocycles. The van der Waals surface area contributed by atoms with Gasteiger partial charge in [0.05, 0.1) is 13.3 Å². The number of nitrogens with one attached hydrogen (secondary N) is 1. The number of nitrogens with zero attached hydrogens (tertiary/aromatic N) is 2. The van der Waals surface area contributed by atoms with Crippen LogP contribution in [0.15, 0.2) is 11.2 Å². The van der Waals surface area contributed by atoms with Crippen LogP contribution in [0, 0.1) is 0 Å². The van der Waals surface area contributed by atoms with Crippen LogP contribution in [0.3, 0.4) is 0 Å². The second kappa shape index (κ2) is 6.57. The van der Waals surface area contributed by atoms with Crippen molar-refractivity contribution in [2.24, 2.45) is 0 Å². The maximum atomic E-state index is 12.7. The van der Waals surface area contributed by atoms with Gasteiger partial charge >= 0.3 is 5.97 Å². The van der Waals surface area contributed by atoms with Crippen molar-refractivity contribution in [3.05, 3.63) is 12.0 Å². The van der Waals surface area contributed by atoms with Gasteiger partial charge in [-0.3, -0.25) is 4.79 Å². The highest BCUT2D eigenvalue weighted by molar-refractivity contribution is 7.89. The predicted molar refractivity (Wildman–Crippen MR) is 76.1 cm³/mol. The third kappa shape index (κ3) is 3.44. The monoisotopic (exact) mass is 315 g/mol. The van der Waals surface area contributed by atoms with Gasteiger partial charge in [-0.25, -0.2) is 13.4 Å². The van der Waals surface area contributed by atoms with E-state index in [1.807, 2.05) is 6.92 Å². The Bertz CT molecular complexity index is 590. The average Bonchev–Trinajstić information content (AvgIpc) is 3.14. The van der Waals surface area contributed by atoms with Crippen molar-refractivity contribution in [2.45, 2.75) is 50.1 Å². The molecule has 0 aromatic carbocycles. The van der Waals surface area contributed by atoms with Crippen LogP contribution >= 0.6 is 0 Å². The molecular weight excluding hydrogens is 294 g/mol. The Kier molecular flexibility index (Phi) is 5.00. The van der Waals surface area contributed by atoms with Crippen LogP contribution in [0.2, 0.25) is 0 Å². The molecule has 1 fully saturated rings. The third-order valence-corrected chi connectivity index (χ3v) is 5.58. The number of imidazole rings is 1. The molecular formula is C13H21N3O4S. The Labute approximate surface area is 124 Å². The number of ether oxygens (including phenoxy) is 1. The standard InChI is InChI=1S/C13H21N3O4S/c1-3-11-14-8-12(15-11)21(18,19)16(9-13(17)20-2)10-6-4-5-7-10/h8,10H,3-7,9H2,1-2H3,(H,14,15). The van der Waals surface area contributed by atoms with E-state index in [4.69, 9.17) is 0 Å². The summed E-state index contributed by atoms with van der Waals surface area (Å²) < 4.78 is 31.4. The zero-order chi connectivity index (χ0) is 15.5. The Morgan fingerprint density at radius 2 is 2.14 bits per heavy atom. The smallest absolute Gasteiger partial charge is 0.321 e. The first kappa shape index (κ1) is 16.0. The van der Waals surface area contributed by atoms with Crippen molar-refractivity contribution in [2.75, 3.05) is 13.7 Å². The minimum atomic E-state index is -3.76. The number of hydrogen-bond acceptors (Lipinski definition) is 5. The van der Waals surface area contributed by atoms with E-state index >= 15 is 0 Å². The number of carbonyl (C=O) groups is 1. The zero-order valence-corrected chi connectivity index (χ0v) is 13.1. The summed E-state index contributed by atoms with van der Waals surface area (Å²) in [6.07, 6.45) is 5.42. The highest BCUT2D eigenvalue weighted by atomic mass is 32.2. The molecule has 0 atom stereocenters. The molecule has 0 unspecified atom stereocenters. The SMILES string of the molecule is CCc1ncc(S(=O)(=O)N(CC(=O)OC)C2CCCC2)[nH]1. The highest BCUT2D eigenvalue weighted by Gasteiger charge is 2.36. The number of aromatic nitrogens is 2. The fourth-order valence-electron chi connectivity index (χ4n) is 2.57. The summed E-state index contributed by atoms with van der Waals surface area (Å²) >= 11 is 0. The number of rotatable bonds is 6. The lowest BCUT2D eigenvalue weighted by Gasteiger charge is -2.26. The van der Waals surface area contributed by atoms with Crippen LogP contribution in [0.1, 0.15) is 38.4 Å². The summed E-state index contributed by atoms with van der Waals surface area (Å²) in [5.74, 6) is 0.0544. The number of aryl methyl sites for hydroxylation is 1. The fraction of sp³-hybridized carbons (Fsp3) is 0.692. The van der Waals surface area contributed by atoms with Gasteiger partial charge in [0, 0.05) is 12.5 Å². The summed E-state index contributed by atoms with van der Waals surface area (Å²) in [6.45, 7) is 1.63. The topological polar surface area (TPSA) is 92.4 Å². The number of methoxy groups -OCH3 is 1. The molecule has 0 aliphatic heterocycles. The first-order valence-electron chi connectivity index (χ1n) is 7.11. The van der Waals surface area contributed by atoms with E-state index in [0.717, 1.165) is 25.7 Å². The van der Waals surface area contributed by atoms with Crippen molar-refractivity contribution < 1.29 is 17.9 Å². The average molecular weight is 315 g/mol. The molecule has 0 amide bonds. The number of esters is 1. The number of hydrogen-bond donors (Lipinski definition) is 1. The van der Waals surface area contributed by atoms with Gasteiger partial charge < -0.3 is 9.72 Å². The second-order valence-corrected chi connectivity index (χ2v) is 6.97. The maximum absolute atomic E-state index is 12.7. The Morgan fingerprint density at radius 1 is 1.48 bits per heavy atom. The Morgan fingerprint density at radius 3 is 2.67 bits per heavy atom. The minimum Gasteiger partial charge on any atom is -0.468 e. The maximum Gasteiger partial charge on any atom is 0.321 e. The highest BCUT2D eigenvalue weighted by Crippen LogP contribution is 2.28. The van der Waals surface area contributed by atoms with Crippen LogP contribution in [-0.2, 0) is 26.0 Å². The van der Waals surface area contributed by atoms with E-state index in [-0.39, 0.29) is 17.6 Å². The molecule has 1 aromatic rings. The van der Waals surface area contributed by atoms with Crippen LogP contribution in [0.4, 0.5) is 0 Å². The van der Waals surface area contributed by atoms with Crippen LogP contribution in [0.5, 0.6) is 0 Å². The van der Waals surface area contributed by atoms with Gasteiger partial charge in [0.2, 0.25) is 0 Å². The van der Waals surface area contributed by atoms with Crippen molar-refractivity contribution in [1.82, 2.24) is 14.3 Å². The molecule has 0 bridgehead atoms. The molecule has 7 nitrogen and oxygen atoms in total. The molecule has 1 aromatic heterocycles. The fourth-order valence-corrected chi connectivity index (χ4v) is 4.14. The van der Waals surface area contributed by atoms with Gasteiger partial charge in [0.1, 0.15) is 12.4 Å². The van der Waals surface area contributed by atoms with Crippen molar-refractivity contribution in [1.29, 1.82) is 0 Å². The zero-order valence-electron chi connectivity index (χ0n) is 12.3.